The molecule has 1 N–H and O–H groups in total. The van der Waals surface area contributed by atoms with Gasteiger partial charge in [-0.15, -0.1) is 0 Å². The highest BCUT2D eigenvalue weighted by molar-refractivity contribution is 5.40. The van der Waals surface area contributed by atoms with Crippen LogP contribution in [0.4, 0.5) is 5.82 Å². The van der Waals surface area contributed by atoms with Gasteiger partial charge in [-0.25, -0.2) is 9.97 Å². The summed E-state index contributed by atoms with van der Waals surface area (Å²) < 4.78 is 2.03. The van der Waals surface area contributed by atoms with Crippen molar-refractivity contribution >= 4 is 5.82 Å². The Labute approximate surface area is 120 Å². The molecule has 2 rings (SSSR count). The first-order valence-corrected chi connectivity index (χ1v) is 7.03. The van der Waals surface area contributed by atoms with Crippen LogP contribution in [0.5, 0.6) is 0 Å². The maximum Gasteiger partial charge on any atom is 0.128 e. The van der Waals surface area contributed by atoms with E-state index in [0.29, 0.717) is 0 Å². The molecule has 0 aliphatic heterocycles. The monoisotopic (exact) mass is 273 g/mol. The van der Waals surface area contributed by atoms with Gasteiger partial charge in [0, 0.05) is 39.2 Å². The van der Waals surface area contributed by atoms with Gasteiger partial charge in [-0.3, -0.25) is 0 Å². The van der Waals surface area contributed by atoms with Crippen molar-refractivity contribution in [1.82, 2.24) is 19.9 Å². The van der Waals surface area contributed by atoms with E-state index in [1.165, 1.54) is 5.56 Å². The molecular formula is C15H23N5. The number of pyridine rings is 1. The number of anilines is 1. The van der Waals surface area contributed by atoms with Crippen molar-refractivity contribution in [3.8, 4) is 0 Å². The molecule has 5 heteroatoms. The molecule has 0 fully saturated rings. The van der Waals surface area contributed by atoms with Crippen LogP contribution in [-0.2, 0) is 20.1 Å². The second-order valence-electron chi connectivity index (χ2n) is 5.01. The number of hydrogen-bond acceptors (Lipinski definition) is 4. The average Bonchev–Trinajstić information content (AvgIpc) is 2.85. The maximum atomic E-state index is 4.44. The first-order chi connectivity index (χ1) is 9.70. The summed E-state index contributed by atoms with van der Waals surface area (Å²) in [5.74, 6) is 2.01. The SMILES string of the molecule is CCCNCc1ccnc(N(C)Cc2nccn2C)c1. The molecule has 0 aliphatic carbocycles. The van der Waals surface area contributed by atoms with E-state index >= 15 is 0 Å². The van der Waals surface area contributed by atoms with E-state index in [4.69, 9.17) is 0 Å². The van der Waals surface area contributed by atoms with Crippen LogP contribution in [0.15, 0.2) is 30.7 Å². The quantitative estimate of drug-likeness (QED) is 0.783. The number of nitrogens with zero attached hydrogens (tertiary/aromatic N) is 4. The Morgan fingerprint density at radius 3 is 2.85 bits per heavy atom. The summed E-state index contributed by atoms with van der Waals surface area (Å²) in [6, 6.07) is 4.19. The third-order valence-corrected chi connectivity index (χ3v) is 3.26. The van der Waals surface area contributed by atoms with Crippen molar-refractivity contribution in [2.45, 2.75) is 26.4 Å². The zero-order valence-corrected chi connectivity index (χ0v) is 12.5. The van der Waals surface area contributed by atoms with Gasteiger partial charge in [-0.05, 0) is 30.7 Å². The molecule has 0 amide bonds. The van der Waals surface area contributed by atoms with Gasteiger partial charge in [0.1, 0.15) is 11.6 Å². The van der Waals surface area contributed by atoms with Crippen LogP contribution in [0.2, 0.25) is 0 Å². The molecule has 0 bridgehead atoms. The molecular weight excluding hydrogens is 250 g/mol. The third-order valence-electron chi connectivity index (χ3n) is 3.26. The molecule has 0 radical (unpaired) electrons. The van der Waals surface area contributed by atoms with E-state index in [1.807, 2.05) is 37.3 Å². The standard InChI is InChI=1S/C15H23N5/c1-4-6-16-11-13-5-7-17-14(10-13)20(3)12-15-18-8-9-19(15)2/h5,7-10,16H,4,6,11-12H2,1-3H3. The summed E-state index contributed by atoms with van der Waals surface area (Å²) in [4.78, 5) is 10.9. The van der Waals surface area contributed by atoms with Gasteiger partial charge < -0.3 is 14.8 Å². The minimum atomic E-state index is 0.752. The fourth-order valence-electron chi connectivity index (χ4n) is 2.03. The lowest BCUT2D eigenvalue weighted by Crippen LogP contribution is -2.20. The van der Waals surface area contributed by atoms with Crippen molar-refractivity contribution < 1.29 is 0 Å². The average molecular weight is 273 g/mol. The van der Waals surface area contributed by atoms with Gasteiger partial charge in [0.05, 0.1) is 6.54 Å². The molecule has 108 valence electrons. The molecule has 2 aromatic heterocycles. The summed E-state index contributed by atoms with van der Waals surface area (Å²) in [6.45, 7) is 4.86. The molecule has 0 unspecified atom stereocenters. The predicted molar refractivity (Wildman–Crippen MR) is 81.5 cm³/mol. The van der Waals surface area contributed by atoms with Gasteiger partial charge in [-0.1, -0.05) is 6.92 Å². The molecule has 20 heavy (non-hydrogen) atoms. The van der Waals surface area contributed by atoms with Crippen LogP contribution in [0, 0.1) is 0 Å². The van der Waals surface area contributed by atoms with Crippen LogP contribution in [-0.4, -0.2) is 28.1 Å². The zero-order valence-electron chi connectivity index (χ0n) is 12.5. The molecule has 0 atom stereocenters. The second kappa shape index (κ2) is 7.05. The zero-order chi connectivity index (χ0) is 14.4. The molecule has 2 aromatic rings. The van der Waals surface area contributed by atoms with Crippen molar-refractivity contribution in [3.05, 3.63) is 42.1 Å². The minimum Gasteiger partial charge on any atom is -0.352 e. The van der Waals surface area contributed by atoms with Gasteiger partial charge >= 0.3 is 0 Å². The van der Waals surface area contributed by atoms with Crippen LogP contribution < -0.4 is 10.2 Å². The van der Waals surface area contributed by atoms with Crippen molar-refractivity contribution in [1.29, 1.82) is 0 Å². The molecule has 5 nitrogen and oxygen atoms in total. The maximum absolute atomic E-state index is 4.44. The lowest BCUT2D eigenvalue weighted by Gasteiger charge is -2.18. The Balaban J connectivity index is 2.00. The largest absolute Gasteiger partial charge is 0.352 e. The van der Waals surface area contributed by atoms with Gasteiger partial charge in [0.25, 0.3) is 0 Å². The summed E-state index contributed by atoms with van der Waals surface area (Å²) in [5.41, 5.74) is 1.26. The van der Waals surface area contributed by atoms with E-state index in [0.717, 1.165) is 37.7 Å². The van der Waals surface area contributed by atoms with Crippen LogP contribution in [0.1, 0.15) is 24.7 Å². The summed E-state index contributed by atoms with van der Waals surface area (Å²) >= 11 is 0. The number of hydrogen-bond donors (Lipinski definition) is 1. The Morgan fingerprint density at radius 2 is 2.15 bits per heavy atom. The van der Waals surface area contributed by atoms with Gasteiger partial charge in [0.15, 0.2) is 0 Å². The minimum absolute atomic E-state index is 0.752. The summed E-state index contributed by atoms with van der Waals surface area (Å²) in [7, 11) is 4.05. The number of imidazole rings is 1. The van der Waals surface area contributed by atoms with Crippen LogP contribution in [0.3, 0.4) is 0 Å². The van der Waals surface area contributed by atoms with E-state index in [-0.39, 0.29) is 0 Å². The molecule has 0 spiro atoms. The van der Waals surface area contributed by atoms with Crippen molar-refractivity contribution in [2.24, 2.45) is 7.05 Å². The highest BCUT2D eigenvalue weighted by Crippen LogP contribution is 2.13. The number of nitrogens with one attached hydrogen (secondary N) is 1. The van der Waals surface area contributed by atoms with E-state index in [1.54, 1.807) is 0 Å². The summed E-state index contributed by atoms with van der Waals surface area (Å²) in [5, 5.41) is 3.41. The Morgan fingerprint density at radius 1 is 1.30 bits per heavy atom. The first-order valence-electron chi connectivity index (χ1n) is 7.03. The molecule has 0 aromatic carbocycles. The van der Waals surface area contributed by atoms with E-state index in [2.05, 4.69) is 39.2 Å². The van der Waals surface area contributed by atoms with Crippen LogP contribution >= 0.6 is 0 Å². The smallest absolute Gasteiger partial charge is 0.128 e. The van der Waals surface area contributed by atoms with Crippen molar-refractivity contribution in [2.75, 3.05) is 18.5 Å². The third kappa shape index (κ3) is 3.81. The summed E-state index contributed by atoms with van der Waals surface area (Å²) in [6.07, 6.45) is 6.80. The molecule has 0 aliphatic rings. The Kier molecular flexibility index (Phi) is 5.12. The highest BCUT2D eigenvalue weighted by Gasteiger charge is 2.07. The van der Waals surface area contributed by atoms with E-state index < -0.39 is 0 Å². The van der Waals surface area contributed by atoms with Gasteiger partial charge in [-0.2, -0.15) is 0 Å². The normalized spacial score (nSPS) is 10.8. The number of aryl methyl sites for hydroxylation is 1. The topological polar surface area (TPSA) is 46.0 Å². The fraction of sp³-hybridized carbons (Fsp3) is 0.467. The predicted octanol–water partition coefficient (Wildman–Crippen LogP) is 1.95. The molecule has 0 saturated carbocycles. The fourth-order valence-corrected chi connectivity index (χ4v) is 2.03. The number of aromatic nitrogens is 3. The lowest BCUT2D eigenvalue weighted by atomic mass is 10.2. The highest BCUT2D eigenvalue weighted by atomic mass is 15.2. The number of rotatable bonds is 7. The van der Waals surface area contributed by atoms with E-state index in [9.17, 15) is 0 Å². The van der Waals surface area contributed by atoms with Crippen molar-refractivity contribution in [3.63, 3.8) is 0 Å². The Bertz CT molecular complexity index is 535. The lowest BCUT2D eigenvalue weighted by molar-refractivity contribution is 0.674. The second-order valence-corrected chi connectivity index (χ2v) is 5.01. The van der Waals surface area contributed by atoms with Gasteiger partial charge in [0.2, 0.25) is 0 Å². The van der Waals surface area contributed by atoms with Crippen LogP contribution in [0.25, 0.3) is 0 Å². The Hall–Kier alpha value is -1.88. The molecule has 2 heterocycles. The first kappa shape index (κ1) is 14.5. The molecule has 0 saturated heterocycles.